The van der Waals surface area contributed by atoms with Crippen LogP contribution in [0.3, 0.4) is 0 Å². The Bertz CT molecular complexity index is 1380. The van der Waals surface area contributed by atoms with E-state index in [0.717, 1.165) is 93.8 Å². The van der Waals surface area contributed by atoms with Crippen molar-refractivity contribution in [1.29, 1.82) is 0 Å². The predicted octanol–water partition coefficient (Wildman–Crippen LogP) is 24.4. The molecule has 0 aromatic rings. The SMILES string of the molecule is CC(C)CCCCCCCCCCCCCCC(=O)[O-].CC(C)CCCCCCCCCCCCCCC(=O)[O-].CC(C)CCCCCCCCCCCCCCC(=O)[O-].CC(C)CCCCCCCCCCCCCCC(=O)[O-].CC(C)CCCCCCCCCCCCCCC(=O)[O-].CC(C)[OH2+].[Ti+4]. The van der Waals surface area contributed by atoms with E-state index < -0.39 is 29.8 Å². The average Bonchev–Trinajstić information content (AvgIpc) is 3.73. The minimum atomic E-state index is -0.904. The summed E-state index contributed by atoms with van der Waals surface area (Å²) in [7, 11) is 0. The molecule has 0 unspecified atom stereocenters. The van der Waals surface area contributed by atoms with E-state index in [1.165, 1.54) is 353 Å². The van der Waals surface area contributed by atoms with Gasteiger partial charge in [-0.05, 0) is 93.8 Å². The summed E-state index contributed by atoms with van der Waals surface area (Å²) in [5.74, 6) is -0.208. The monoisotopic (exact) mass is 1530 g/mol. The third-order valence-corrected chi connectivity index (χ3v) is 19.6. The van der Waals surface area contributed by atoms with E-state index in [2.05, 4.69) is 69.2 Å². The second kappa shape index (κ2) is 102. The normalized spacial score (nSPS) is 11.0. The van der Waals surface area contributed by atoms with Gasteiger partial charge in [-0.15, -0.1) is 0 Å². The van der Waals surface area contributed by atoms with Gasteiger partial charge in [0.05, 0.1) is 0 Å². The van der Waals surface area contributed by atoms with E-state index in [0.29, 0.717) is 0 Å². The van der Waals surface area contributed by atoms with Crippen molar-refractivity contribution in [2.45, 2.75) is 539 Å². The number of hydrogen-bond acceptors (Lipinski definition) is 10. The Morgan fingerprint density at radius 3 is 0.305 bits per heavy atom. The summed E-state index contributed by atoms with van der Waals surface area (Å²) in [6.07, 6.45) is 85.0. The Kier molecular flexibility index (Phi) is 113. The van der Waals surface area contributed by atoms with Crippen LogP contribution in [0.25, 0.3) is 0 Å². The standard InChI is InChI=1S/5C18H36O2.C3H8O.Ti/c5*1-17(2)15-13-11-9-7-5-3-4-6-8-10-12-14-16-18(19)20;1-3(2)4;/h5*17H,3-16H2,1-2H3,(H,19,20);3-4H,1-2H3;/q;;;;;;+4/p-4. The topological polar surface area (TPSA) is 224 Å². The van der Waals surface area contributed by atoms with Crippen LogP contribution in [0.1, 0.15) is 533 Å². The molecular weight excluding hydrogens is 1340 g/mol. The minimum Gasteiger partial charge on any atom is -0.550 e. The molecule has 0 saturated heterocycles. The van der Waals surface area contributed by atoms with Crippen LogP contribution in [0.15, 0.2) is 0 Å². The maximum atomic E-state index is 10.2. The van der Waals surface area contributed by atoms with Gasteiger partial charge in [-0.1, -0.05) is 454 Å². The second-order valence-corrected chi connectivity index (χ2v) is 33.9. The van der Waals surface area contributed by atoms with E-state index in [-0.39, 0.29) is 59.9 Å². The van der Waals surface area contributed by atoms with Gasteiger partial charge in [0.2, 0.25) is 0 Å². The number of carbonyl (C=O) groups is 5. The fourth-order valence-electron chi connectivity index (χ4n) is 12.9. The summed E-state index contributed by atoms with van der Waals surface area (Å²) in [6, 6.07) is 0. The average molecular weight is 1530 g/mol. The van der Waals surface area contributed by atoms with Crippen molar-refractivity contribution in [2.24, 2.45) is 29.6 Å². The molecular formula is C93H184O11Ti. The Morgan fingerprint density at radius 2 is 0.238 bits per heavy atom. The maximum absolute atomic E-state index is 10.2. The molecule has 0 aliphatic rings. The molecule has 626 valence electrons. The van der Waals surface area contributed by atoms with Gasteiger partial charge in [0.15, 0.2) is 0 Å². The zero-order valence-corrected chi connectivity index (χ0v) is 74.1. The first-order chi connectivity index (χ1) is 49.9. The van der Waals surface area contributed by atoms with Gasteiger partial charge in [0.1, 0.15) is 6.10 Å². The van der Waals surface area contributed by atoms with E-state index in [9.17, 15) is 49.5 Å². The summed E-state index contributed by atoms with van der Waals surface area (Å²) in [6.45, 7) is 26.7. The number of aliphatic carboxylic acids is 5. The van der Waals surface area contributed by atoms with Crippen LogP contribution in [0.4, 0.5) is 0 Å². The van der Waals surface area contributed by atoms with Crippen LogP contribution < -0.4 is 25.5 Å². The molecule has 0 saturated carbocycles. The fraction of sp³-hybridized carbons (Fsp3) is 0.946. The minimum absolute atomic E-state index is 0. The summed E-state index contributed by atoms with van der Waals surface area (Å²) < 4.78 is 0. The fourth-order valence-corrected chi connectivity index (χ4v) is 12.9. The van der Waals surface area contributed by atoms with Gasteiger partial charge in [-0.2, -0.15) is 0 Å². The Morgan fingerprint density at radius 1 is 0.171 bits per heavy atom. The van der Waals surface area contributed by atoms with Gasteiger partial charge in [-0.3, -0.25) is 0 Å². The first kappa shape index (κ1) is 116. The Balaban J connectivity index is -0.000000225. The third kappa shape index (κ3) is 148. The van der Waals surface area contributed by atoms with Gasteiger partial charge < -0.3 is 54.6 Å². The predicted molar refractivity (Wildman–Crippen MR) is 441 cm³/mol. The quantitative estimate of drug-likeness (QED) is 0.0318. The Labute approximate surface area is 670 Å². The van der Waals surface area contributed by atoms with Crippen molar-refractivity contribution in [3.8, 4) is 0 Å². The largest absolute Gasteiger partial charge is 4.00 e. The number of rotatable bonds is 75. The second-order valence-electron chi connectivity index (χ2n) is 33.9. The molecule has 0 amide bonds. The van der Waals surface area contributed by atoms with Crippen LogP contribution in [-0.4, -0.2) is 41.1 Å². The molecule has 0 fully saturated rings. The van der Waals surface area contributed by atoms with Gasteiger partial charge in [-0.25, -0.2) is 0 Å². The molecule has 0 aromatic heterocycles. The van der Waals surface area contributed by atoms with Gasteiger partial charge in [0, 0.05) is 43.7 Å². The molecule has 0 aliphatic carbocycles. The molecule has 0 heterocycles. The smallest absolute Gasteiger partial charge is 0.550 e. The molecule has 12 heteroatoms. The van der Waals surface area contributed by atoms with Crippen molar-refractivity contribution < 1.29 is 76.3 Å². The number of hydrogen-bond donors (Lipinski definition) is 0. The van der Waals surface area contributed by atoms with E-state index >= 15 is 0 Å². The number of carboxylic acid groups (broad SMARTS) is 5. The van der Waals surface area contributed by atoms with Crippen molar-refractivity contribution in [3.05, 3.63) is 0 Å². The van der Waals surface area contributed by atoms with Crippen LogP contribution in [0.5, 0.6) is 0 Å². The molecule has 0 spiro atoms. The summed E-state index contributed by atoms with van der Waals surface area (Å²) >= 11 is 0. The first-order valence-electron chi connectivity index (χ1n) is 45.6. The summed E-state index contributed by atoms with van der Waals surface area (Å²) in [4.78, 5) is 51.1. The number of unbranched alkanes of at least 4 members (excludes halogenated alkanes) is 55. The third-order valence-electron chi connectivity index (χ3n) is 19.6. The summed E-state index contributed by atoms with van der Waals surface area (Å²) in [5.41, 5.74) is 0. The molecule has 0 atom stereocenters. The zero-order chi connectivity index (χ0) is 78.8. The van der Waals surface area contributed by atoms with E-state index in [4.69, 9.17) is 5.11 Å². The van der Waals surface area contributed by atoms with Gasteiger partial charge in [0.25, 0.3) is 0 Å². The molecule has 0 radical (unpaired) electrons. The van der Waals surface area contributed by atoms with E-state index in [1.807, 2.05) is 13.8 Å². The van der Waals surface area contributed by atoms with Crippen LogP contribution in [0.2, 0.25) is 0 Å². The zero-order valence-electron chi connectivity index (χ0n) is 72.5. The van der Waals surface area contributed by atoms with Crippen molar-refractivity contribution in [2.75, 3.05) is 0 Å². The van der Waals surface area contributed by atoms with Crippen molar-refractivity contribution in [3.63, 3.8) is 0 Å². The first-order valence-corrected chi connectivity index (χ1v) is 45.6. The van der Waals surface area contributed by atoms with Crippen molar-refractivity contribution in [1.82, 2.24) is 0 Å². The molecule has 0 bridgehead atoms. The molecule has 105 heavy (non-hydrogen) atoms. The van der Waals surface area contributed by atoms with Crippen LogP contribution >= 0.6 is 0 Å². The van der Waals surface area contributed by atoms with Crippen LogP contribution in [-0.2, 0) is 45.7 Å². The number of carboxylic acids is 5. The number of carbonyl (C=O) groups excluding carboxylic acids is 5. The maximum Gasteiger partial charge on any atom is 4.00 e. The molecule has 0 rings (SSSR count). The molecule has 0 aromatic carbocycles. The molecule has 2 N–H and O–H groups in total. The van der Waals surface area contributed by atoms with Crippen LogP contribution in [0, 0.1) is 29.6 Å². The summed E-state index contributed by atoms with van der Waals surface area (Å²) in [5, 5.41) is 57.7. The molecule has 0 aliphatic heterocycles. The molecule has 11 nitrogen and oxygen atoms in total. The van der Waals surface area contributed by atoms with Crippen molar-refractivity contribution >= 4 is 29.8 Å². The van der Waals surface area contributed by atoms with E-state index in [1.54, 1.807) is 0 Å². The Hall–Kier alpha value is -1.98. The van der Waals surface area contributed by atoms with Gasteiger partial charge >= 0.3 is 21.7 Å².